The molecule has 0 fully saturated rings. The minimum Gasteiger partial charge on any atom is -0.466 e. The smallest absolute Gasteiger partial charge is 0.311 e. The molecule has 0 bridgehead atoms. The molecular formula is C25H22N2O2S. The average Bonchev–Trinajstić information content (AvgIpc) is 3.15. The van der Waals surface area contributed by atoms with Gasteiger partial charge in [-0.05, 0) is 50.3 Å². The van der Waals surface area contributed by atoms with Crippen LogP contribution < -0.4 is 0 Å². The summed E-state index contributed by atoms with van der Waals surface area (Å²) in [5.41, 5.74) is 2.17. The van der Waals surface area contributed by atoms with Gasteiger partial charge in [0.1, 0.15) is 0 Å². The number of fused-ring (bicyclic) bond motifs is 2. The molecule has 150 valence electrons. The summed E-state index contributed by atoms with van der Waals surface area (Å²) in [4.78, 5) is 17.9. The maximum Gasteiger partial charge on any atom is 0.311 e. The zero-order chi connectivity index (χ0) is 21.3. The molecule has 0 N–H and O–H groups in total. The van der Waals surface area contributed by atoms with Gasteiger partial charge in [0.15, 0.2) is 0 Å². The predicted octanol–water partition coefficient (Wildman–Crippen LogP) is 6.12. The van der Waals surface area contributed by atoms with Gasteiger partial charge in [-0.25, -0.2) is 0 Å². The van der Waals surface area contributed by atoms with Crippen molar-refractivity contribution in [3.05, 3.63) is 65.3 Å². The fourth-order valence-electron chi connectivity index (χ4n) is 3.76. The first-order valence-corrected chi connectivity index (χ1v) is 10.7. The number of ether oxygens (including phenoxy) is 1. The molecule has 0 unspecified atom stereocenters. The van der Waals surface area contributed by atoms with Crippen LogP contribution >= 0.6 is 11.3 Å². The van der Waals surface area contributed by atoms with Crippen LogP contribution in [0, 0.1) is 16.7 Å². The number of esters is 1. The van der Waals surface area contributed by atoms with Gasteiger partial charge in [-0.1, -0.05) is 30.3 Å². The van der Waals surface area contributed by atoms with Gasteiger partial charge in [0.25, 0.3) is 0 Å². The Morgan fingerprint density at radius 3 is 2.63 bits per heavy atom. The first kappa shape index (κ1) is 20.1. The van der Waals surface area contributed by atoms with Gasteiger partial charge in [0.05, 0.1) is 23.7 Å². The van der Waals surface area contributed by atoms with Gasteiger partial charge in [0, 0.05) is 38.3 Å². The van der Waals surface area contributed by atoms with Crippen LogP contribution in [-0.2, 0) is 16.0 Å². The number of hydrogen-bond donors (Lipinski definition) is 0. The van der Waals surface area contributed by atoms with Crippen molar-refractivity contribution in [2.45, 2.75) is 27.2 Å². The van der Waals surface area contributed by atoms with Gasteiger partial charge in [0.2, 0.25) is 0 Å². The summed E-state index contributed by atoms with van der Waals surface area (Å²) >= 11 is 1.69. The molecule has 2 aromatic carbocycles. The molecule has 0 radical (unpaired) electrons. The zero-order valence-corrected chi connectivity index (χ0v) is 18.0. The quantitative estimate of drug-likeness (QED) is 0.369. The molecule has 4 rings (SSSR count). The average molecular weight is 415 g/mol. The van der Waals surface area contributed by atoms with E-state index in [0.29, 0.717) is 18.6 Å². The van der Waals surface area contributed by atoms with Crippen LogP contribution in [0.2, 0.25) is 0 Å². The number of benzene rings is 2. The van der Waals surface area contributed by atoms with E-state index < -0.39 is 5.41 Å². The van der Waals surface area contributed by atoms with Crippen LogP contribution in [0.25, 0.3) is 32.0 Å². The summed E-state index contributed by atoms with van der Waals surface area (Å²) in [6.07, 6.45) is 4.35. The molecule has 2 heterocycles. The molecule has 0 aliphatic rings. The second-order valence-electron chi connectivity index (χ2n) is 7.92. The van der Waals surface area contributed by atoms with E-state index in [9.17, 15) is 10.1 Å². The molecule has 4 aromatic rings. The van der Waals surface area contributed by atoms with Gasteiger partial charge in [-0.3, -0.25) is 9.78 Å². The summed E-state index contributed by atoms with van der Waals surface area (Å²) in [5, 5.41) is 12.5. The molecule has 0 aliphatic carbocycles. The molecule has 0 saturated carbocycles. The summed E-state index contributed by atoms with van der Waals surface area (Å²) in [6.45, 7) is 6.05. The number of nitrogens with zero attached hydrogens (tertiary/aromatic N) is 2. The van der Waals surface area contributed by atoms with Crippen molar-refractivity contribution in [2.75, 3.05) is 6.61 Å². The fourth-order valence-corrected chi connectivity index (χ4v) is 5.14. The van der Waals surface area contributed by atoms with E-state index in [-0.39, 0.29) is 5.97 Å². The maximum atomic E-state index is 12.3. The molecule has 5 heteroatoms. The standard InChI is InChI=1S/C25H22N2O2S/c1-4-29-24(28)25(2,3)12-18-11-17-14-27-15-22(23(17)30-18)21-10-9-16(13-26)19-7-5-6-8-20(19)21/h5-11,14-15H,4,12H2,1-3H3. The lowest BCUT2D eigenvalue weighted by atomic mass is 9.88. The lowest BCUT2D eigenvalue weighted by Crippen LogP contribution is -2.28. The highest BCUT2D eigenvalue weighted by Crippen LogP contribution is 2.39. The summed E-state index contributed by atoms with van der Waals surface area (Å²) < 4.78 is 6.38. The van der Waals surface area contributed by atoms with Crippen LogP contribution in [0.1, 0.15) is 31.2 Å². The first-order chi connectivity index (χ1) is 14.4. The van der Waals surface area contributed by atoms with Crippen LogP contribution in [0.4, 0.5) is 0 Å². The van der Waals surface area contributed by atoms with Gasteiger partial charge in [-0.15, -0.1) is 11.3 Å². The molecule has 0 saturated heterocycles. The number of thiophene rings is 1. The third-order valence-corrected chi connectivity index (χ3v) is 6.44. The Morgan fingerprint density at radius 1 is 1.13 bits per heavy atom. The SMILES string of the molecule is CCOC(=O)C(C)(C)Cc1cc2cncc(-c3ccc(C#N)c4ccccc34)c2s1. The van der Waals surface area contributed by atoms with E-state index in [1.807, 2.05) is 69.6 Å². The largest absolute Gasteiger partial charge is 0.466 e. The zero-order valence-electron chi connectivity index (χ0n) is 17.2. The van der Waals surface area contributed by atoms with Crippen molar-refractivity contribution in [1.29, 1.82) is 5.26 Å². The maximum absolute atomic E-state index is 12.3. The normalized spacial score (nSPS) is 11.5. The fraction of sp³-hybridized carbons (Fsp3) is 0.240. The first-order valence-electron chi connectivity index (χ1n) is 9.90. The van der Waals surface area contributed by atoms with E-state index in [0.717, 1.165) is 36.9 Å². The van der Waals surface area contributed by atoms with Gasteiger partial charge < -0.3 is 4.74 Å². The third-order valence-electron chi connectivity index (χ3n) is 5.25. The van der Waals surface area contributed by atoms with Crippen molar-refractivity contribution in [1.82, 2.24) is 4.98 Å². The molecule has 0 aliphatic heterocycles. The molecular weight excluding hydrogens is 392 g/mol. The summed E-state index contributed by atoms with van der Waals surface area (Å²) in [5.74, 6) is -0.182. The second kappa shape index (κ2) is 7.89. The molecule has 30 heavy (non-hydrogen) atoms. The van der Waals surface area contributed by atoms with Crippen molar-refractivity contribution in [3.8, 4) is 17.2 Å². The number of pyridine rings is 1. The number of carbonyl (C=O) groups excluding carboxylic acids is 1. The Bertz CT molecular complexity index is 1300. The summed E-state index contributed by atoms with van der Waals surface area (Å²) in [6, 6.07) is 16.2. The Kier molecular flexibility index (Phi) is 5.27. The van der Waals surface area contributed by atoms with Crippen LogP contribution in [0.15, 0.2) is 54.9 Å². The molecule has 0 atom stereocenters. The minimum atomic E-state index is -0.592. The molecule has 0 spiro atoms. The summed E-state index contributed by atoms with van der Waals surface area (Å²) in [7, 11) is 0. The van der Waals surface area contributed by atoms with E-state index >= 15 is 0 Å². The highest BCUT2D eigenvalue weighted by molar-refractivity contribution is 7.19. The number of hydrogen-bond acceptors (Lipinski definition) is 5. The highest BCUT2D eigenvalue weighted by atomic mass is 32.1. The topological polar surface area (TPSA) is 63.0 Å². The Labute approximate surface area is 179 Å². The van der Waals surface area contributed by atoms with E-state index in [2.05, 4.69) is 17.1 Å². The Balaban J connectivity index is 1.82. The van der Waals surface area contributed by atoms with Gasteiger partial charge >= 0.3 is 5.97 Å². The lowest BCUT2D eigenvalue weighted by Gasteiger charge is -2.21. The second-order valence-corrected chi connectivity index (χ2v) is 9.05. The highest BCUT2D eigenvalue weighted by Gasteiger charge is 2.30. The number of carbonyl (C=O) groups is 1. The molecule has 4 nitrogen and oxygen atoms in total. The Hall–Kier alpha value is -3.23. The lowest BCUT2D eigenvalue weighted by molar-refractivity contribution is -0.153. The number of rotatable bonds is 5. The van der Waals surface area contributed by atoms with Gasteiger partial charge in [-0.2, -0.15) is 5.26 Å². The monoisotopic (exact) mass is 414 g/mol. The van der Waals surface area contributed by atoms with E-state index in [1.54, 1.807) is 11.3 Å². The van der Waals surface area contributed by atoms with E-state index in [1.165, 1.54) is 0 Å². The van der Waals surface area contributed by atoms with Crippen LogP contribution in [0.3, 0.4) is 0 Å². The number of aromatic nitrogens is 1. The van der Waals surface area contributed by atoms with Crippen molar-refractivity contribution >= 4 is 38.2 Å². The van der Waals surface area contributed by atoms with Crippen LogP contribution in [0.5, 0.6) is 0 Å². The van der Waals surface area contributed by atoms with E-state index in [4.69, 9.17) is 4.74 Å². The molecule has 0 amide bonds. The minimum absolute atomic E-state index is 0.182. The predicted molar refractivity (Wildman–Crippen MR) is 121 cm³/mol. The third kappa shape index (κ3) is 3.55. The van der Waals surface area contributed by atoms with Crippen molar-refractivity contribution in [2.24, 2.45) is 5.41 Å². The Morgan fingerprint density at radius 2 is 1.90 bits per heavy atom. The molecule has 2 aromatic heterocycles. The van der Waals surface area contributed by atoms with Crippen LogP contribution in [-0.4, -0.2) is 17.6 Å². The van der Waals surface area contributed by atoms with Crippen molar-refractivity contribution in [3.63, 3.8) is 0 Å². The number of nitriles is 1. The van der Waals surface area contributed by atoms with Crippen molar-refractivity contribution < 1.29 is 9.53 Å².